The fourth-order valence-corrected chi connectivity index (χ4v) is 1.41. The van der Waals surface area contributed by atoms with Gasteiger partial charge in [-0.3, -0.25) is 9.69 Å². The van der Waals surface area contributed by atoms with Gasteiger partial charge in [-0.15, -0.1) is 0 Å². The molecule has 0 aliphatic carbocycles. The van der Waals surface area contributed by atoms with Crippen LogP contribution in [0.15, 0.2) is 0 Å². The van der Waals surface area contributed by atoms with Crippen LogP contribution in [0.1, 0.15) is 34.1 Å². The van der Waals surface area contributed by atoms with E-state index in [0.29, 0.717) is 12.5 Å². The zero-order valence-electron chi connectivity index (χ0n) is 12.2. The third-order valence-electron chi connectivity index (χ3n) is 3.27. The van der Waals surface area contributed by atoms with Crippen LogP contribution < -0.4 is 5.73 Å². The Hall–Kier alpha value is -0.610. The molecule has 0 aromatic rings. The number of carbonyl (C=O) groups is 1. The van der Waals surface area contributed by atoms with Crippen molar-refractivity contribution in [2.75, 3.05) is 27.2 Å². The predicted octanol–water partition coefficient (Wildman–Crippen LogP) is 1.16. The smallest absolute Gasteiger partial charge is 0.236 e. The van der Waals surface area contributed by atoms with Gasteiger partial charge in [-0.2, -0.15) is 0 Å². The van der Waals surface area contributed by atoms with Crippen molar-refractivity contribution >= 4 is 5.91 Å². The topological polar surface area (TPSA) is 49.6 Å². The van der Waals surface area contributed by atoms with Crippen molar-refractivity contribution in [3.05, 3.63) is 0 Å². The molecule has 0 rings (SSSR count). The van der Waals surface area contributed by atoms with Crippen molar-refractivity contribution < 1.29 is 4.79 Å². The standard InChI is InChI=1S/C13H29N3O/c1-10(2)12(14)7-8-15(5)9-13(17)16(6)11(3)4/h10-12H,7-9,14H2,1-6H3. The number of hydrogen-bond donors (Lipinski definition) is 1. The van der Waals surface area contributed by atoms with Crippen LogP contribution in [0.2, 0.25) is 0 Å². The van der Waals surface area contributed by atoms with Gasteiger partial charge in [0.05, 0.1) is 6.54 Å². The maximum absolute atomic E-state index is 11.8. The van der Waals surface area contributed by atoms with Crippen molar-refractivity contribution in [1.82, 2.24) is 9.80 Å². The van der Waals surface area contributed by atoms with Gasteiger partial charge >= 0.3 is 0 Å². The minimum atomic E-state index is 0.167. The van der Waals surface area contributed by atoms with Crippen molar-refractivity contribution in [1.29, 1.82) is 0 Å². The molecule has 0 radical (unpaired) electrons. The van der Waals surface area contributed by atoms with E-state index < -0.39 is 0 Å². The normalized spacial score (nSPS) is 13.5. The van der Waals surface area contributed by atoms with Crippen molar-refractivity contribution in [3.8, 4) is 0 Å². The van der Waals surface area contributed by atoms with E-state index in [1.807, 2.05) is 32.8 Å². The van der Waals surface area contributed by atoms with Crippen molar-refractivity contribution in [2.45, 2.75) is 46.2 Å². The van der Waals surface area contributed by atoms with Crippen LogP contribution in [-0.2, 0) is 4.79 Å². The van der Waals surface area contributed by atoms with E-state index in [1.54, 1.807) is 4.90 Å². The highest BCUT2D eigenvalue weighted by Gasteiger charge is 2.15. The summed E-state index contributed by atoms with van der Waals surface area (Å²) in [5.74, 6) is 0.665. The number of hydrogen-bond acceptors (Lipinski definition) is 3. The number of nitrogens with zero attached hydrogens (tertiary/aromatic N) is 2. The lowest BCUT2D eigenvalue weighted by molar-refractivity contribution is -0.132. The number of carbonyl (C=O) groups excluding carboxylic acids is 1. The molecular formula is C13H29N3O. The average molecular weight is 243 g/mol. The monoisotopic (exact) mass is 243 g/mol. The van der Waals surface area contributed by atoms with Crippen LogP contribution in [0.25, 0.3) is 0 Å². The molecule has 17 heavy (non-hydrogen) atoms. The van der Waals surface area contributed by atoms with Gasteiger partial charge in [0.15, 0.2) is 0 Å². The first-order valence-corrected chi connectivity index (χ1v) is 6.45. The van der Waals surface area contributed by atoms with Crippen molar-refractivity contribution in [3.63, 3.8) is 0 Å². The van der Waals surface area contributed by atoms with E-state index in [-0.39, 0.29) is 18.0 Å². The molecule has 0 saturated heterocycles. The zero-order valence-corrected chi connectivity index (χ0v) is 12.2. The molecule has 0 spiro atoms. The lowest BCUT2D eigenvalue weighted by Gasteiger charge is -2.26. The predicted molar refractivity (Wildman–Crippen MR) is 72.8 cm³/mol. The van der Waals surface area contributed by atoms with Gasteiger partial charge in [-0.05, 0) is 39.8 Å². The molecule has 0 aliphatic heterocycles. The minimum Gasteiger partial charge on any atom is -0.342 e. The second-order valence-corrected chi connectivity index (χ2v) is 5.53. The number of nitrogens with two attached hydrogens (primary N) is 1. The van der Waals surface area contributed by atoms with E-state index in [4.69, 9.17) is 5.73 Å². The number of rotatable bonds is 7. The summed E-state index contributed by atoms with van der Waals surface area (Å²) in [4.78, 5) is 15.6. The Morgan fingerprint density at radius 1 is 1.18 bits per heavy atom. The summed E-state index contributed by atoms with van der Waals surface area (Å²) in [6, 6.07) is 0.476. The highest BCUT2D eigenvalue weighted by molar-refractivity contribution is 5.78. The van der Waals surface area contributed by atoms with Crippen LogP contribution in [0.4, 0.5) is 0 Å². The average Bonchev–Trinajstić information content (AvgIpc) is 2.24. The molecule has 1 atom stereocenters. The van der Waals surface area contributed by atoms with Gasteiger partial charge in [0.1, 0.15) is 0 Å². The summed E-state index contributed by atoms with van der Waals surface area (Å²) in [6.45, 7) is 9.64. The quantitative estimate of drug-likeness (QED) is 0.730. The van der Waals surface area contributed by atoms with E-state index in [9.17, 15) is 4.79 Å². The van der Waals surface area contributed by atoms with E-state index in [1.165, 1.54) is 0 Å². The van der Waals surface area contributed by atoms with Crippen LogP contribution >= 0.6 is 0 Å². The molecular weight excluding hydrogens is 214 g/mol. The summed E-state index contributed by atoms with van der Waals surface area (Å²) in [5, 5.41) is 0. The third-order valence-corrected chi connectivity index (χ3v) is 3.27. The Kier molecular flexibility index (Phi) is 7.39. The van der Waals surface area contributed by atoms with E-state index in [0.717, 1.165) is 13.0 Å². The van der Waals surface area contributed by atoms with E-state index in [2.05, 4.69) is 13.8 Å². The number of amides is 1. The molecule has 1 unspecified atom stereocenters. The second kappa shape index (κ2) is 7.67. The molecule has 102 valence electrons. The SMILES string of the molecule is CC(C)C(N)CCN(C)CC(=O)N(C)C(C)C. The van der Waals surface area contributed by atoms with Crippen LogP contribution in [0.5, 0.6) is 0 Å². The second-order valence-electron chi connectivity index (χ2n) is 5.53. The molecule has 0 bridgehead atoms. The largest absolute Gasteiger partial charge is 0.342 e. The molecule has 1 amide bonds. The molecule has 4 heteroatoms. The fraction of sp³-hybridized carbons (Fsp3) is 0.923. The van der Waals surface area contributed by atoms with E-state index >= 15 is 0 Å². The first-order chi connectivity index (χ1) is 7.75. The lowest BCUT2D eigenvalue weighted by Crippen LogP contribution is -2.41. The zero-order chi connectivity index (χ0) is 13.6. The lowest BCUT2D eigenvalue weighted by atomic mass is 10.0. The molecule has 0 saturated carbocycles. The maximum Gasteiger partial charge on any atom is 0.236 e. The summed E-state index contributed by atoms with van der Waals surface area (Å²) in [5.41, 5.74) is 5.98. The summed E-state index contributed by atoms with van der Waals surface area (Å²) < 4.78 is 0. The highest BCUT2D eigenvalue weighted by Crippen LogP contribution is 2.04. The maximum atomic E-state index is 11.8. The first-order valence-electron chi connectivity index (χ1n) is 6.45. The molecule has 4 nitrogen and oxygen atoms in total. The Labute approximate surface area is 106 Å². The highest BCUT2D eigenvalue weighted by atomic mass is 16.2. The Morgan fingerprint density at radius 2 is 1.71 bits per heavy atom. The minimum absolute atomic E-state index is 0.167. The molecule has 0 aliphatic rings. The van der Waals surface area contributed by atoms with Crippen LogP contribution in [-0.4, -0.2) is 55.0 Å². The fourth-order valence-electron chi connectivity index (χ4n) is 1.41. The van der Waals surface area contributed by atoms with Gasteiger partial charge in [0.25, 0.3) is 0 Å². The number of likely N-dealkylation sites (N-methyl/N-ethyl adjacent to an activating group) is 2. The summed E-state index contributed by atoms with van der Waals surface area (Å²) >= 11 is 0. The molecule has 0 heterocycles. The first kappa shape index (κ1) is 16.4. The third kappa shape index (κ3) is 6.64. The summed E-state index contributed by atoms with van der Waals surface area (Å²) in [6.07, 6.45) is 0.937. The van der Waals surface area contributed by atoms with Crippen molar-refractivity contribution in [2.24, 2.45) is 11.7 Å². The Balaban J connectivity index is 3.94. The summed E-state index contributed by atoms with van der Waals surface area (Å²) in [7, 11) is 3.82. The molecule has 0 aromatic carbocycles. The van der Waals surface area contributed by atoms with Gasteiger partial charge in [0, 0.05) is 19.1 Å². The Bertz CT molecular complexity index is 229. The van der Waals surface area contributed by atoms with Gasteiger partial charge in [-0.25, -0.2) is 0 Å². The van der Waals surface area contributed by atoms with Gasteiger partial charge < -0.3 is 10.6 Å². The van der Waals surface area contributed by atoms with Crippen LogP contribution in [0.3, 0.4) is 0 Å². The van der Waals surface area contributed by atoms with Gasteiger partial charge in [-0.1, -0.05) is 13.8 Å². The molecule has 0 aromatic heterocycles. The van der Waals surface area contributed by atoms with Gasteiger partial charge in [0.2, 0.25) is 5.91 Å². The Morgan fingerprint density at radius 3 is 2.12 bits per heavy atom. The van der Waals surface area contributed by atoms with Crippen LogP contribution in [0, 0.1) is 5.92 Å². The molecule has 0 fully saturated rings. The molecule has 2 N–H and O–H groups in total.